The van der Waals surface area contributed by atoms with Crippen molar-refractivity contribution in [3.8, 4) is 0 Å². The summed E-state index contributed by atoms with van der Waals surface area (Å²) in [4.78, 5) is 0. The second-order valence-electron chi connectivity index (χ2n) is 4.81. The van der Waals surface area contributed by atoms with Crippen LogP contribution in [-0.4, -0.2) is 21.2 Å². The Morgan fingerprint density at radius 2 is 2.24 bits per heavy atom. The lowest BCUT2D eigenvalue weighted by Crippen LogP contribution is -2.52. The summed E-state index contributed by atoms with van der Waals surface area (Å²) < 4.78 is 3.09. The molecule has 0 unspecified atom stereocenters. The number of rotatable bonds is 5. The highest BCUT2D eigenvalue weighted by Gasteiger charge is 2.35. The van der Waals surface area contributed by atoms with E-state index < -0.39 is 0 Å². The van der Waals surface area contributed by atoms with Crippen LogP contribution in [-0.2, 0) is 20.0 Å². The summed E-state index contributed by atoms with van der Waals surface area (Å²) in [6.45, 7) is 2.95. The van der Waals surface area contributed by atoms with Crippen molar-refractivity contribution in [3.63, 3.8) is 0 Å². The summed E-state index contributed by atoms with van der Waals surface area (Å²) in [5, 5.41) is 8.09. The molecule has 0 bridgehead atoms. The van der Waals surface area contributed by atoms with E-state index in [-0.39, 0.29) is 5.54 Å². The van der Waals surface area contributed by atoms with Crippen molar-refractivity contribution < 1.29 is 0 Å². The predicted molar refractivity (Wildman–Crippen MR) is 74.4 cm³/mol. The fourth-order valence-electron chi connectivity index (χ4n) is 2.24. The molecule has 1 heterocycles. The molecule has 0 radical (unpaired) electrons. The first-order chi connectivity index (χ1) is 8.12. The summed E-state index contributed by atoms with van der Waals surface area (Å²) in [5.74, 6) is 0.698. The highest BCUT2D eigenvalue weighted by molar-refractivity contribution is 9.10. The van der Waals surface area contributed by atoms with E-state index in [0.29, 0.717) is 5.88 Å². The van der Waals surface area contributed by atoms with Crippen molar-refractivity contribution in [1.29, 1.82) is 0 Å². The Labute approximate surface area is 116 Å². The molecule has 0 amide bonds. The molecule has 2 rings (SSSR count). The molecule has 0 aromatic carbocycles. The van der Waals surface area contributed by atoms with Crippen LogP contribution in [0.2, 0.25) is 0 Å². The van der Waals surface area contributed by atoms with Gasteiger partial charge in [0.2, 0.25) is 0 Å². The second kappa shape index (κ2) is 5.29. The molecule has 96 valence electrons. The molecule has 1 aliphatic carbocycles. The van der Waals surface area contributed by atoms with Gasteiger partial charge in [-0.2, -0.15) is 5.10 Å². The number of alkyl halides is 1. The lowest BCUT2D eigenvalue weighted by molar-refractivity contribution is 0.209. The third-order valence-corrected chi connectivity index (χ3v) is 5.13. The van der Waals surface area contributed by atoms with Crippen molar-refractivity contribution in [1.82, 2.24) is 15.1 Å². The van der Waals surface area contributed by atoms with E-state index in [9.17, 15) is 0 Å². The predicted octanol–water partition coefficient (Wildman–Crippen LogP) is 3.00. The molecular weight excluding hydrogens is 302 g/mol. The topological polar surface area (TPSA) is 29.9 Å². The van der Waals surface area contributed by atoms with Gasteiger partial charge in [0.1, 0.15) is 0 Å². The van der Waals surface area contributed by atoms with E-state index in [1.54, 1.807) is 0 Å². The second-order valence-corrected chi connectivity index (χ2v) is 5.87. The molecule has 0 spiro atoms. The van der Waals surface area contributed by atoms with Gasteiger partial charge < -0.3 is 5.32 Å². The molecular formula is C12H19BrClN3. The van der Waals surface area contributed by atoms with E-state index in [1.807, 2.05) is 11.7 Å². The number of nitrogens with zero attached hydrogens (tertiary/aromatic N) is 2. The van der Waals surface area contributed by atoms with Gasteiger partial charge in [0.05, 0.1) is 15.9 Å². The highest BCUT2D eigenvalue weighted by atomic mass is 79.9. The maximum atomic E-state index is 6.04. The molecule has 1 fully saturated rings. The van der Waals surface area contributed by atoms with Crippen molar-refractivity contribution >= 4 is 27.5 Å². The van der Waals surface area contributed by atoms with Gasteiger partial charge in [-0.15, -0.1) is 11.6 Å². The van der Waals surface area contributed by atoms with Crippen molar-refractivity contribution in [2.45, 2.75) is 44.7 Å². The zero-order valence-electron chi connectivity index (χ0n) is 10.4. The van der Waals surface area contributed by atoms with Gasteiger partial charge in [-0.05, 0) is 41.6 Å². The Hall–Kier alpha value is -0.0600. The molecule has 0 atom stereocenters. The van der Waals surface area contributed by atoms with Crippen molar-refractivity contribution in [2.24, 2.45) is 7.05 Å². The smallest absolute Gasteiger partial charge is 0.0767 e. The van der Waals surface area contributed by atoms with E-state index in [1.165, 1.54) is 25.0 Å². The van der Waals surface area contributed by atoms with Gasteiger partial charge in [0, 0.05) is 25.0 Å². The molecule has 1 aliphatic rings. The van der Waals surface area contributed by atoms with Crippen LogP contribution in [0, 0.1) is 0 Å². The number of hydrogen-bond acceptors (Lipinski definition) is 2. The minimum absolute atomic E-state index is 0.164. The molecule has 1 aromatic rings. The van der Waals surface area contributed by atoms with E-state index in [4.69, 9.17) is 11.6 Å². The first-order valence-electron chi connectivity index (χ1n) is 6.13. The van der Waals surface area contributed by atoms with Gasteiger partial charge in [-0.3, -0.25) is 4.68 Å². The van der Waals surface area contributed by atoms with Crippen LogP contribution >= 0.6 is 27.5 Å². The van der Waals surface area contributed by atoms with Crippen molar-refractivity contribution in [2.75, 3.05) is 5.88 Å². The summed E-state index contributed by atoms with van der Waals surface area (Å²) in [5.41, 5.74) is 2.49. The SMILES string of the molecule is CCc1nn(C)c(CNC2(CCl)CCC2)c1Br. The van der Waals surface area contributed by atoms with Crippen LogP contribution in [0.15, 0.2) is 4.47 Å². The maximum absolute atomic E-state index is 6.04. The Morgan fingerprint density at radius 3 is 2.65 bits per heavy atom. The zero-order chi connectivity index (χ0) is 12.5. The summed E-state index contributed by atoms with van der Waals surface area (Å²) >= 11 is 9.68. The monoisotopic (exact) mass is 319 g/mol. The minimum Gasteiger partial charge on any atom is -0.304 e. The summed E-state index contributed by atoms with van der Waals surface area (Å²) in [6.07, 6.45) is 4.61. The number of aryl methyl sites for hydroxylation is 2. The van der Waals surface area contributed by atoms with Crippen LogP contribution in [0.25, 0.3) is 0 Å². The molecule has 17 heavy (non-hydrogen) atoms. The molecule has 3 nitrogen and oxygen atoms in total. The molecule has 0 saturated heterocycles. The van der Waals surface area contributed by atoms with E-state index >= 15 is 0 Å². The number of aromatic nitrogens is 2. The maximum Gasteiger partial charge on any atom is 0.0767 e. The molecule has 1 N–H and O–H groups in total. The third kappa shape index (κ3) is 2.54. The Balaban J connectivity index is 2.06. The lowest BCUT2D eigenvalue weighted by Gasteiger charge is -2.41. The summed E-state index contributed by atoms with van der Waals surface area (Å²) in [6, 6.07) is 0. The normalized spacial score (nSPS) is 18.1. The van der Waals surface area contributed by atoms with Crippen LogP contribution in [0.5, 0.6) is 0 Å². The third-order valence-electron chi connectivity index (χ3n) is 3.70. The fraction of sp³-hybridized carbons (Fsp3) is 0.750. The Bertz CT molecular complexity index is 393. The standard InChI is InChI=1S/C12H19BrClN3/c1-3-9-11(13)10(17(2)16-9)7-15-12(8-14)5-4-6-12/h15H,3-8H2,1-2H3. The molecule has 1 aromatic heterocycles. The number of hydrogen-bond donors (Lipinski definition) is 1. The van der Waals surface area contributed by atoms with Crippen LogP contribution in [0.1, 0.15) is 37.6 Å². The van der Waals surface area contributed by atoms with Crippen molar-refractivity contribution in [3.05, 3.63) is 15.9 Å². The lowest BCUT2D eigenvalue weighted by atomic mass is 9.78. The van der Waals surface area contributed by atoms with Gasteiger partial charge in [-0.25, -0.2) is 0 Å². The van der Waals surface area contributed by atoms with E-state index in [2.05, 4.69) is 33.3 Å². The molecule has 5 heteroatoms. The fourth-order valence-corrected chi connectivity index (χ4v) is 3.36. The van der Waals surface area contributed by atoms with Crippen LogP contribution in [0.3, 0.4) is 0 Å². The first-order valence-corrected chi connectivity index (χ1v) is 7.46. The highest BCUT2D eigenvalue weighted by Crippen LogP contribution is 2.33. The zero-order valence-corrected chi connectivity index (χ0v) is 12.7. The van der Waals surface area contributed by atoms with Gasteiger partial charge in [0.15, 0.2) is 0 Å². The molecule has 0 aliphatic heterocycles. The molecule has 1 saturated carbocycles. The average molecular weight is 321 g/mol. The first kappa shape index (κ1) is 13.4. The quantitative estimate of drug-likeness (QED) is 0.845. The average Bonchev–Trinajstić information content (AvgIpc) is 2.54. The number of nitrogens with one attached hydrogen (secondary N) is 1. The van der Waals surface area contributed by atoms with Gasteiger partial charge >= 0.3 is 0 Å². The largest absolute Gasteiger partial charge is 0.304 e. The van der Waals surface area contributed by atoms with Crippen LogP contribution < -0.4 is 5.32 Å². The van der Waals surface area contributed by atoms with Crippen LogP contribution in [0.4, 0.5) is 0 Å². The van der Waals surface area contributed by atoms with E-state index in [0.717, 1.165) is 23.1 Å². The Kier molecular flexibility index (Phi) is 4.16. The summed E-state index contributed by atoms with van der Waals surface area (Å²) in [7, 11) is 2.00. The Morgan fingerprint density at radius 1 is 1.53 bits per heavy atom. The minimum atomic E-state index is 0.164. The van der Waals surface area contributed by atoms with Gasteiger partial charge in [-0.1, -0.05) is 6.92 Å². The number of halogens is 2. The van der Waals surface area contributed by atoms with Gasteiger partial charge in [0.25, 0.3) is 0 Å².